The summed E-state index contributed by atoms with van der Waals surface area (Å²) in [5, 5.41) is 5.14. The van der Waals surface area contributed by atoms with Crippen molar-refractivity contribution in [3.8, 4) is 0 Å². The molecule has 0 amide bonds. The molecule has 0 atom stereocenters. The largest absolute Gasteiger partial charge is 0.144 e. The first-order chi connectivity index (χ1) is 6.77. The summed E-state index contributed by atoms with van der Waals surface area (Å²) in [7, 11) is 0. The third-order valence-electron chi connectivity index (χ3n) is 2.39. The molecule has 2 aromatic rings. The van der Waals surface area contributed by atoms with Crippen LogP contribution in [0.1, 0.15) is 18.1 Å². The predicted molar refractivity (Wildman–Crippen MR) is 68.8 cm³/mol. The summed E-state index contributed by atoms with van der Waals surface area (Å²) >= 11 is 11.5. The van der Waals surface area contributed by atoms with Crippen LogP contribution in [0.4, 0.5) is 0 Å². The second-order valence-electron chi connectivity index (χ2n) is 3.15. The number of rotatable bonds is 2. The normalized spacial score (nSPS) is 11.1. The van der Waals surface area contributed by atoms with E-state index < -0.39 is 0 Å². The summed E-state index contributed by atoms with van der Waals surface area (Å²) in [5.74, 6) is 0. The SMILES string of the molecule is CCc1cc(Cl)c(CBr)c2ccsc12. The molecule has 0 spiro atoms. The third-order valence-corrected chi connectivity index (χ3v) is 4.27. The van der Waals surface area contributed by atoms with Crippen LogP contribution in [0, 0.1) is 0 Å². The van der Waals surface area contributed by atoms with E-state index in [0.29, 0.717) is 0 Å². The Bertz CT molecular complexity index is 462. The molecule has 0 aliphatic heterocycles. The number of halogens is 2. The zero-order valence-electron chi connectivity index (χ0n) is 7.81. The van der Waals surface area contributed by atoms with Crippen molar-refractivity contribution in [2.24, 2.45) is 0 Å². The Hall–Kier alpha value is -0.0500. The van der Waals surface area contributed by atoms with Crippen LogP contribution in [0.5, 0.6) is 0 Å². The summed E-state index contributed by atoms with van der Waals surface area (Å²) in [6.45, 7) is 2.17. The molecule has 0 radical (unpaired) electrons. The molecular weight excluding hydrogens is 280 g/mol. The molecule has 1 aromatic heterocycles. The number of fused-ring (bicyclic) bond motifs is 1. The van der Waals surface area contributed by atoms with Gasteiger partial charge in [-0.1, -0.05) is 34.5 Å². The Morgan fingerprint density at radius 3 is 2.93 bits per heavy atom. The van der Waals surface area contributed by atoms with Gasteiger partial charge in [-0.2, -0.15) is 0 Å². The van der Waals surface area contributed by atoms with Gasteiger partial charge in [-0.3, -0.25) is 0 Å². The fourth-order valence-corrected chi connectivity index (χ4v) is 3.71. The first kappa shape index (κ1) is 10.5. The lowest BCUT2D eigenvalue weighted by atomic mass is 10.1. The predicted octanol–water partition coefficient (Wildman–Crippen LogP) is 5.01. The Morgan fingerprint density at radius 1 is 1.50 bits per heavy atom. The average Bonchev–Trinajstić information content (AvgIpc) is 2.65. The fourth-order valence-electron chi connectivity index (χ4n) is 1.63. The maximum Gasteiger partial charge on any atom is 0.0456 e. The molecule has 0 nitrogen and oxygen atoms in total. The van der Waals surface area contributed by atoms with Crippen molar-refractivity contribution in [3.05, 3.63) is 33.7 Å². The minimum Gasteiger partial charge on any atom is -0.144 e. The van der Waals surface area contributed by atoms with E-state index in [2.05, 4.69) is 40.4 Å². The van der Waals surface area contributed by atoms with Gasteiger partial charge in [0.1, 0.15) is 0 Å². The number of thiophene rings is 1. The monoisotopic (exact) mass is 288 g/mol. The van der Waals surface area contributed by atoms with Crippen molar-refractivity contribution < 1.29 is 0 Å². The topological polar surface area (TPSA) is 0 Å². The molecule has 74 valence electrons. The van der Waals surface area contributed by atoms with Crippen LogP contribution in [0.15, 0.2) is 17.5 Å². The average molecular weight is 290 g/mol. The number of alkyl halides is 1. The lowest BCUT2D eigenvalue weighted by molar-refractivity contribution is 1.16. The lowest BCUT2D eigenvalue weighted by Gasteiger charge is -2.06. The van der Waals surface area contributed by atoms with Gasteiger partial charge in [-0.15, -0.1) is 11.3 Å². The molecule has 0 saturated heterocycles. The first-order valence-electron chi connectivity index (χ1n) is 4.51. The molecule has 0 aliphatic rings. The lowest BCUT2D eigenvalue weighted by Crippen LogP contribution is -1.86. The van der Waals surface area contributed by atoms with E-state index in [4.69, 9.17) is 11.6 Å². The van der Waals surface area contributed by atoms with E-state index in [9.17, 15) is 0 Å². The van der Waals surface area contributed by atoms with Gasteiger partial charge in [0.25, 0.3) is 0 Å². The number of hydrogen-bond donors (Lipinski definition) is 0. The van der Waals surface area contributed by atoms with Gasteiger partial charge in [0.05, 0.1) is 0 Å². The molecule has 0 N–H and O–H groups in total. The molecule has 0 unspecified atom stereocenters. The fraction of sp³-hybridized carbons (Fsp3) is 0.273. The van der Waals surface area contributed by atoms with Crippen molar-refractivity contribution in [2.45, 2.75) is 18.7 Å². The molecule has 0 fully saturated rings. The van der Waals surface area contributed by atoms with Gasteiger partial charge in [-0.05, 0) is 40.4 Å². The van der Waals surface area contributed by atoms with Crippen LogP contribution in [0.25, 0.3) is 10.1 Å². The van der Waals surface area contributed by atoms with Crippen LogP contribution in [-0.2, 0) is 11.8 Å². The quantitative estimate of drug-likeness (QED) is 0.682. The summed E-state index contributed by atoms with van der Waals surface area (Å²) in [6, 6.07) is 4.25. The van der Waals surface area contributed by atoms with E-state index in [1.165, 1.54) is 21.2 Å². The molecule has 0 saturated carbocycles. The minimum atomic E-state index is 0.822. The molecule has 0 bridgehead atoms. The third kappa shape index (κ3) is 1.60. The number of hydrogen-bond acceptors (Lipinski definition) is 1. The molecule has 1 aromatic carbocycles. The smallest absolute Gasteiger partial charge is 0.0456 e. The summed E-state index contributed by atoms with van der Waals surface area (Å²) < 4.78 is 1.38. The van der Waals surface area contributed by atoms with Crippen LogP contribution in [-0.4, -0.2) is 0 Å². The molecular formula is C11H10BrClS. The summed E-state index contributed by atoms with van der Waals surface area (Å²) in [4.78, 5) is 0. The Kier molecular flexibility index (Phi) is 3.15. The standard InChI is InChI=1S/C11H10BrClS/c1-2-7-5-10(13)9(6-12)8-3-4-14-11(7)8/h3-5H,2,6H2,1H3. The summed E-state index contributed by atoms with van der Waals surface area (Å²) in [6.07, 6.45) is 1.04. The van der Waals surface area contributed by atoms with Gasteiger partial charge >= 0.3 is 0 Å². The Morgan fingerprint density at radius 2 is 2.29 bits per heavy atom. The van der Waals surface area contributed by atoms with Gasteiger partial charge in [0.2, 0.25) is 0 Å². The van der Waals surface area contributed by atoms with Gasteiger partial charge in [0.15, 0.2) is 0 Å². The molecule has 2 rings (SSSR count). The zero-order valence-corrected chi connectivity index (χ0v) is 11.0. The highest BCUT2D eigenvalue weighted by Crippen LogP contribution is 2.34. The Balaban J connectivity index is 2.81. The summed E-state index contributed by atoms with van der Waals surface area (Å²) in [5.41, 5.74) is 2.56. The second kappa shape index (κ2) is 4.21. The van der Waals surface area contributed by atoms with Crippen molar-refractivity contribution in [1.29, 1.82) is 0 Å². The number of aryl methyl sites for hydroxylation is 1. The van der Waals surface area contributed by atoms with E-state index >= 15 is 0 Å². The Labute approximate surface area is 101 Å². The maximum absolute atomic E-state index is 6.22. The van der Waals surface area contributed by atoms with Crippen LogP contribution >= 0.6 is 38.9 Å². The highest BCUT2D eigenvalue weighted by Gasteiger charge is 2.09. The maximum atomic E-state index is 6.22. The zero-order chi connectivity index (χ0) is 10.1. The van der Waals surface area contributed by atoms with E-state index in [0.717, 1.165) is 16.8 Å². The first-order valence-corrected chi connectivity index (χ1v) is 6.89. The van der Waals surface area contributed by atoms with Crippen molar-refractivity contribution in [2.75, 3.05) is 0 Å². The van der Waals surface area contributed by atoms with Gasteiger partial charge in [0, 0.05) is 15.1 Å². The second-order valence-corrected chi connectivity index (χ2v) is 5.03. The van der Waals surface area contributed by atoms with Crippen molar-refractivity contribution in [1.82, 2.24) is 0 Å². The molecule has 1 heterocycles. The van der Waals surface area contributed by atoms with Crippen molar-refractivity contribution >= 4 is 49.0 Å². The minimum absolute atomic E-state index is 0.822. The van der Waals surface area contributed by atoms with E-state index in [-0.39, 0.29) is 0 Å². The van der Waals surface area contributed by atoms with Gasteiger partial charge < -0.3 is 0 Å². The number of benzene rings is 1. The molecule has 14 heavy (non-hydrogen) atoms. The van der Waals surface area contributed by atoms with E-state index in [1.54, 1.807) is 11.3 Å². The van der Waals surface area contributed by atoms with Crippen LogP contribution in [0.2, 0.25) is 5.02 Å². The highest BCUT2D eigenvalue weighted by atomic mass is 79.9. The highest BCUT2D eigenvalue weighted by molar-refractivity contribution is 9.08. The van der Waals surface area contributed by atoms with Crippen LogP contribution in [0.3, 0.4) is 0 Å². The van der Waals surface area contributed by atoms with E-state index in [1.807, 2.05) is 0 Å². The van der Waals surface area contributed by atoms with Crippen LogP contribution < -0.4 is 0 Å². The van der Waals surface area contributed by atoms with Crippen molar-refractivity contribution in [3.63, 3.8) is 0 Å². The van der Waals surface area contributed by atoms with Gasteiger partial charge in [-0.25, -0.2) is 0 Å². The molecule has 3 heteroatoms. The molecule has 0 aliphatic carbocycles.